The number of hydrogen-bond donors (Lipinski definition) is 0. The molecule has 5 nitrogen and oxygen atoms in total. The Morgan fingerprint density at radius 2 is 1.85 bits per heavy atom. The zero-order chi connectivity index (χ0) is 23.8. The lowest BCUT2D eigenvalue weighted by Gasteiger charge is -2.22. The summed E-state index contributed by atoms with van der Waals surface area (Å²) in [6.45, 7) is 2.36. The van der Waals surface area contributed by atoms with Crippen LogP contribution in [0.2, 0.25) is 0 Å². The van der Waals surface area contributed by atoms with Crippen LogP contribution in [0.15, 0.2) is 59.5 Å². The third-order valence-electron chi connectivity index (χ3n) is 5.70. The van der Waals surface area contributed by atoms with Gasteiger partial charge in [0.2, 0.25) is 0 Å². The number of sulfone groups is 1. The van der Waals surface area contributed by atoms with Crippen LogP contribution in [0, 0.1) is 11.6 Å². The van der Waals surface area contributed by atoms with E-state index in [4.69, 9.17) is 4.74 Å². The van der Waals surface area contributed by atoms with Crippen molar-refractivity contribution in [2.75, 3.05) is 19.4 Å². The average molecular weight is 472 g/mol. The normalized spacial score (nSPS) is 13.8. The van der Waals surface area contributed by atoms with E-state index in [9.17, 15) is 22.0 Å². The number of hydrogen-bond acceptors (Lipinski definition) is 4. The van der Waals surface area contributed by atoms with Gasteiger partial charge in [-0.05, 0) is 42.3 Å². The third kappa shape index (κ3) is 4.48. The molecule has 0 saturated heterocycles. The number of amides is 1. The topological polar surface area (TPSA) is 63.7 Å². The van der Waals surface area contributed by atoms with Crippen LogP contribution in [0.1, 0.15) is 28.4 Å². The van der Waals surface area contributed by atoms with Crippen molar-refractivity contribution in [1.82, 2.24) is 4.90 Å². The molecule has 0 aliphatic carbocycles. The third-order valence-corrected chi connectivity index (χ3v) is 6.82. The van der Waals surface area contributed by atoms with E-state index >= 15 is 0 Å². The van der Waals surface area contributed by atoms with Gasteiger partial charge in [0, 0.05) is 35.1 Å². The van der Waals surface area contributed by atoms with Gasteiger partial charge in [0.05, 0.1) is 6.54 Å². The van der Waals surface area contributed by atoms with E-state index in [2.05, 4.69) is 0 Å². The Bertz CT molecular complexity index is 1340. The Balaban J connectivity index is 1.70. The van der Waals surface area contributed by atoms with Gasteiger partial charge in [-0.25, -0.2) is 17.2 Å². The molecule has 0 aromatic heterocycles. The molecule has 0 saturated carbocycles. The first-order chi connectivity index (χ1) is 15.7. The standard InChI is InChI=1S/C25H23F2NO4S/c1-3-18-20(9-11-23(24(18)27)33(2,30)31)25(29)28-12-13-32-22-10-8-16(14-17(22)15-28)19-6-4-5-7-21(19)26/h4-11,14H,3,12-13,15H2,1-2H3. The van der Waals surface area contributed by atoms with E-state index < -0.39 is 26.5 Å². The molecule has 33 heavy (non-hydrogen) atoms. The van der Waals surface area contributed by atoms with Gasteiger partial charge in [0.15, 0.2) is 9.84 Å². The molecule has 1 amide bonds. The summed E-state index contributed by atoms with van der Waals surface area (Å²) >= 11 is 0. The molecular weight excluding hydrogens is 448 g/mol. The zero-order valence-corrected chi connectivity index (χ0v) is 19.1. The monoisotopic (exact) mass is 471 g/mol. The lowest BCUT2D eigenvalue weighted by atomic mass is 10.0. The van der Waals surface area contributed by atoms with Gasteiger partial charge in [-0.2, -0.15) is 0 Å². The van der Waals surface area contributed by atoms with Crippen LogP contribution in [0.25, 0.3) is 11.1 Å². The summed E-state index contributed by atoms with van der Waals surface area (Å²) in [5.41, 5.74) is 1.98. The minimum absolute atomic E-state index is 0.0634. The molecule has 8 heteroatoms. The van der Waals surface area contributed by atoms with Gasteiger partial charge in [0.25, 0.3) is 5.91 Å². The molecule has 3 aromatic carbocycles. The van der Waals surface area contributed by atoms with Gasteiger partial charge in [-0.1, -0.05) is 31.2 Å². The van der Waals surface area contributed by atoms with E-state index in [1.54, 1.807) is 43.3 Å². The number of halogens is 2. The maximum Gasteiger partial charge on any atom is 0.254 e. The quantitative estimate of drug-likeness (QED) is 0.557. The van der Waals surface area contributed by atoms with E-state index in [-0.39, 0.29) is 43.1 Å². The summed E-state index contributed by atoms with van der Waals surface area (Å²) in [6.07, 6.45) is 1.09. The van der Waals surface area contributed by atoms with Crippen LogP contribution in [0.4, 0.5) is 8.78 Å². The van der Waals surface area contributed by atoms with Crippen LogP contribution in [0.3, 0.4) is 0 Å². The number of benzene rings is 3. The van der Waals surface area contributed by atoms with Gasteiger partial charge < -0.3 is 9.64 Å². The largest absolute Gasteiger partial charge is 0.491 e. The minimum atomic E-state index is -3.76. The SMILES string of the molecule is CCc1c(C(=O)N2CCOc3ccc(-c4ccccc4F)cc3C2)ccc(S(C)(=O)=O)c1F. The summed E-state index contributed by atoms with van der Waals surface area (Å²) in [5, 5.41) is 0. The Morgan fingerprint density at radius 3 is 2.55 bits per heavy atom. The van der Waals surface area contributed by atoms with E-state index in [1.165, 1.54) is 17.0 Å². The molecule has 1 heterocycles. The highest BCUT2D eigenvalue weighted by Gasteiger charge is 2.27. The van der Waals surface area contributed by atoms with Crippen molar-refractivity contribution in [1.29, 1.82) is 0 Å². The number of carbonyl (C=O) groups is 1. The molecule has 0 N–H and O–H groups in total. The number of rotatable bonds is 4. The molecule has 0 atom stereocenters. The minimum Gasteiger partial charge on any atom is -0.491 e. The van der Waals surface area contributed by atoms with Gasteiger partial charge >= 0.3 is 0 Å². The number of nitrogens with zero attached hydrogens (tertiary/aromatic N) is 1. The van der Waals surface area contributed by atoms with Crippen molar-refractivity contribution in [2.45, 2.75) is 24.8 Å². The summed E-state index contributed by atoms with van der Waals surface area (Å²) in [7, 11) is -3.76. The Morgan fingerprint density at radius 1 is 1.09 bits per heavy atom. The number of fused-ring (bicyclic) bond motifs is 1. The predicted molar refractivity (Wildman–Crippen MR) is 121 cm³/mol. The van der Waals surface area contributed by atoms with Crippen LogP contribution >= 0.6 is 0 Å². The molecule has 4 rings (SSSR count). The maximum absolute atomic E-state index is 14.9. The van der Waals surface area contributed by atoms with Crippen LogP contribution < -0.4 is 4.74 Å². The van der Waals surface area contributed by atoms with E-state index in [0.29, 0.717) is 22.4 Å². The van der Waals surface area contributed by atoms with Crippen LogP contribution in [0.5, 0.6) is 5.75 Å². The van der Waals surface area contributed by atoms with Gasteiger partial charge in [0.1, 0.15) is 28.9 Å². The molecule has 0 fully saturated rings. The first kappa shape index (κ1) is 22.9. The summed E-state index contributed by atoms with van der Waals surface area (Å²) in [6, 6.07) is 14.2. The lowest BCUT2D eigenvalue weighted by molar-refractivity contribution is 0.0731. The fraction of sp³-hybridized carbons (Fsp3) is 0.240. The van der Waals surface area contributed by atoms with Gasteiger partial charge in [-0.3, -0.25) is 4.79 Å². The Labute approximate surface area is 191 Å². The fourth-order valence-corrected chi connectivity index (χ4v) is 4.80. The first-order valence-electron chi connectivity index (χ1n) is 10.5. The predicted octanol–water partition coefficient (Wildman–Crippen LogP) is 4.63. The second kappa shape index (κ2) is 8.94. The summed E-state index contributed by atoms with van der Waals surface area (Å²) in [5.74, 6) is -1.06. The van der Waals surface area contributed by atoms with Crippen molar-refractivity contribution in [3.05, 3.63) is 82.9 Å². The molecular formula is C25H23F2NO4S. The summed E-state index contributed by atoms with van der Waals surface area (Å²) in [4.78, 5) is 14.5. The second-order valence-corrected chi connectivity index (χ2v) is 9.89. The second-order valence-electron chi connectivity index (χ2n) is 7.91. The number of ether oxygens (including phenoxy) is 1. The lowest BCUT2D eigenvalue weighted by Crippen LogP contribution is -2.33. The van der Waals surface area contributed by atoms with E-state index in [1.807, 2.05) is 0 Å². The molecule has 1 aliphatic rings. The molecule has 0 spiro atoms. The highest BCUT2D eigenvalue weighted by atomic mass is 32.2. The molecule has 1 aliphatic heterocycles. The van der Waals surface area contributed by atoms with E-state index in [0.717, 1.165) is 12.3 Å². The summed E-state index contributed by atoms with van der Waals surface area (Å²) < 4.78 is 58.8. The smallest absolute Gasteiger partial charge is 0.254 e. The molecule has 0 unspecified atom stereocenters. The van der Waals surface area contributed by atoms with Crippen molar-refractivity contribution < 1.29 is 26.7 Å². The zero-order valence-electron chi connectivity index (χ0n) is 18.3. The molecule has 0 radical (unpaired) electrons. The van der Waals surface area contributed by atoms with Crippen molar-refractivity contribution in [2.24, 2.45) is 0 Å². The molecule has 172 valence electrons. The highest BCUT2D eigenvalue weighted by Crippen LogP contribution is 2.31. The average Bonchev–Trinajstić information content (AvgIpc) is 2.99. The highest BCUT2D eigenvalue weighted by molar-refractivity contribution is 7.90. The van der Waals surface area contributed by atoms with Gasteiger partial charge in [-0.15, -0.1) is 0 Å². The van der Waals surface area contributed by atoms with Crippen molar-refractivity contribution in [3.63, 3.8) is 0 Å². The Hall–Kier alpha value is -3.26. The first-order valence-corrected chi connectivity index (χ1v) is 12.4. The van der Waals surface area contributed by atoms with Crippen LogP contribution in [-0.4, -0.2) is 38.6 Å². The Kier molecular flexibility index (Phi) is 6.21. The maximum atomic E-state index is 14.9. The fourth-order valence-electron chi connectivity index (χ4n) is 4.03. The van der Waals surface area contributed by atoms with Crippen molar-refractivity contribution in [3.8, 4) is 16.9 Å². The van der Waals surface area contributed by atoms with Crippen LogP contribution in [-0.2, 0) is 22.8 Å². The van der Waals surface area contributed by atoms with Crippen molar-refractivity contribution >= 4 is 15.7 Å². The number of carbonyl (C=O) groups excluding carboxylic acids is 1. The molecule has 3 aromatic rings. The molecule has 0 bridgehead atoms.